The van der Waals surface area contributed by atoms with Crippen molar-refractivity contribution in [3.05, 3.63) is 29.3 Å². The van der Waals surface area contributed by atoms with Crippen molar-refractivity contribution in [2.45, 2.75) is 11.0 Å². The maximum atomic E-state index is 12.4. The summed E-state index contributed by atoms with van der Waals surface area (Å²) in [6.07, 6.45) is -0.255. The second-order valence-electron chi connectivity index (χ2n) is 3.97. The lowest BCUT2D eigenvalue weighted by Crippen LogP contribution is -2.46. The van der Waals surface area contributed by atoms with Crippen LogP contribution in [0, 0.1) is 0 Å². The van der Waals surface area contributed by atoms with Crippen LogP contribution in [0.25, 0.3) is 0 Å². The molecule has 100 valence electrons. The van der Waals surface area contributed by atoms with E-state index < -0.39 is 10.0 Å². The zero-order valence-electron chi connectivity index (χ0n) is 9.55. The van der Waals surface area contributed by atoms with E-state index in [1.165, 1.54) is 16.4 Å². The van der Waals surface area contributed by atoms with Gasteiger partial charge >= 0.3 is 0 Å². The number of hydrogen-bond acceptors (Lipinski definition) is 3. The predicted molar refractivity (Wildman–Crippen MR) is 70.7 cm³/mol. The van der Waals surface area contributed by atoms with Gasteiger partial charge < -0.3 is 4.74 Å². The van der Waals surface area contributed by atoms with E-state index in [0.29, 0.717) is 18.2 Å². The summed E-state index contributed by atoms with van der Waals surface area (Å²) >= 11 is 11.5. The minimum absolute atomic E-state index is 0.199. The molecular formula is C11H13Cl2NO3S. The number of morpholine rings is 1. The number of benzene rings is 1. The molecule has 7 heteroatoms. The summed E-state index contributed by atoms with van der Waals surface area (Å²) in [6, 6.07) is 6.24. The van der Waals surface area contributed by atoms with Crippen LogP contribution in [0.1, 0.15) is 0 Å². The third-order valence-corrected chi connectivity index (χ3v) is 5.15. The third-order valence-electron chi connectivity index (χ3n) is 2.71. The van der Waals surface area contributed by atoms with Crippen molar-refractivity contribution in [1.82, 2.24) is 4.31 Å². The van der Waals surface area contributed by atoms with Crippen LogP contribution in [0.4, 0.5) is 0 Å². The summed E-state index contributed by atoms with van der Waals surface area (Å²) in [5.74, 6) is 0.279. The number of nitrogens with zero attached hydrogens (tertiary/aromatic N) is 1. The van der Waals surface area contributed by atoms with Crippen LogP contribution in [0.5, 0.6) is 0 Å². The van der Waals surface area contributed by atoms with E-state index >= 15 is 0 Å². The van der Waals surface area contributed by atoms with Crippen LogP contribution in [-0.2, 0) is 14.8 Å². The minimum Gasteiger partial charge on any atom is -0.374 e. The van der Waals surface area contributed by atoms with Gasteiger partial charge in [-0.3, -0.25) is 0 Å². The van der Waals surface area contributed by atoms with Crippen LogP contribution in [-0.4, -0.2) is 44.4 Å². The highest BCUT2D eigenvalue weighted by Crippen LogP contribution is 2.21. The molecule has 1 saturated heterocycles. The molecule has 0 spiro atoms. The Morgan fingerprint density at radius 1 is 1.44 bits per heavy atom. The largest absolute Gasteiger partial charge is 0.374 e. The van der Waals surface area contributed by atoms with Crippen molar-refractivity contribution >= 4 is 33.2 Å². The molecule has 0 aliphatic carbocycles. The minimum atomic E-state index is -3.52. The molecule has 1 heterocycles. The highest BCUT2D eigenvalue weighted by Gasteiger charge is 2.30. The number of alkyl halides is 1. The van der Waals surface area contributed by atoms with Crippen molar-refractivity contribution < 1.29 is 13.2 Å². The van der Waals surface area contributed by atoms with Crippen LogP contribution in [0.15, 0.2) is 29.2 Å². The summed E-state index contributed by atoms with van der Waals surface area (Å²) in [4.78, 5) is 0.199. The van der Waals surface area contributed by atoms with Crippen molar-refractivity contribution in [2.24, 2.45) is 0 Å². The predicted octanol–water partition coefficient (Wildman–Crippen LogP) is 1.97. The van der Waals surface area contributed by atoms with Gasteiger partial charge in [-0.25, -0.2) is 8.42 Å². The second kappa shape index (κ2) is 5.75. The molecule has 0 aromatic heterocycles. The highest BCUT2D eigenvalue weighted by molar-refractivity contribution is 7.89. The number of sulfonamides is 1. The zero-order valence-corrected chi connectivity index (χ0v) is 11.9. The summed E-state index contributed by atoms with van der Waals surface area (Å²) in [7, 11) is -3.52. The Hall–Kier alpha value is -0.330. The molecule has 1 unspecified atom stereocenters. The standard InChI is InChI=1S/C11H13Cl2NO3S/c12-7-10-8-14(4-5-17-10)18(15,16)11-3-1-2-9(13)6-11/h1-3,6,10H,4-5,7-8H2. The normalized spacial score (nSPS) is 22.0. The number of ether oxygens (including phenoxy) is 1. The second-order valence-corrected chi connectivity index (χ2v) is 6.65. The molecule has 1 atom stereocenters. The zero-order chi connectivity index (χ0) is 13.2. The van der Waals surface area contributed by atoms with Crippen molar-refractivity contribution in [3.8, 4) is 0 Å². The van der Waals surface area contributed by atoms with Gasteiger partial charge in [-0.15, -0.1) is 11.6 Å². The lowest BCUT2D eigenvalue weighted by Gasteiger charge is -2.31. The van der Waals surface area contributed by atoms with Crippen molar-refractivity contribution in [3.63, 3.8) is 0 Å². The van der Waals surface area contributed by atoms with Crippen LogP contribution < -0.4 is 0 Å². The topological polar surface area (TPSA) is 46.6 Å². The van der Waals surface area contributed by atoms with Crippen LogP contribution >= 0.6 is 23.2 Å². The summed E-state index contributed by atoms with van der Waals surface area (Å²) < 4.78 is 31.5. The molecule has 1 aliphatic rings. The fourth-order valence-electron chi connectivity index (χ4n) is 1.78. The molecule has 1 aromatic carbocycles. The molecule has 1 aromatic rings. The van der Waals surface area contributed by atoms with Gasteiger partial charge in [0.1, 0.15) is 0 Å². The lowest BCUT2D eigenvalue weighted by atomic mass is 10.3. The molecular weight excluding hydrogens is 297 g/mol. The molecule has 18 heavy (non-hydrogen) atoms. The van der Waals surface area contributed by atoms with Crippen molar-refractivity contribution in [2.75, 3.05) is 25.6 Å². The van der Waals surface area contributed by atoms with E-state index in [1.807, 2.05) is 0 Å². The van der Waals surface area contributed by atoms with Gasteiger partial charge in [0.15, 0.2) is 0 Å². The average Bonchev–Trinajstić information content (AvgIpc) is 2.39. The SMILES string of the molecule is O=S(=O)(c1cccc(Cl)c1)N1CCOC(CCl)C1. The molecule has 0 bridgehead atoms. The summed E-state index contributed by atoms with van der Waals surface area (Å²) in [6.45, 7) is 0.970. The van der Waals surface area contributed by atoms with E-state index in [9.17, 15) is 8.42 Å². The monoisotopic (exact) mass is 309 g/mol. The number of rotatable bonds is 3. The van der Waals surface area contributed by atoms with Gasteiger partial charge in [-0.1, -0.05) is 17.7 Å². The quantitative estimate of drug-likeness (QED) is 0.802. The van der Waals surface area contributed by atoms with Gasteiger partial charge in [0, 0.05) is 24.0 Å². The fourth-order valence-corrected chi connectivity index (χ4v) is 3.72. The maximum absolute atomic E-state index is 12.4. The third kappa shape index (κ3) is 2.97. The maximum Gasteiger partial charge on any atom is 0.243 e. The molecule has 2 rings (SSSR count). The highest BCUT2D eigenvalue weighted by atomic mass is 35.5. The average molecular weight is 310 g/mol. The lowest BCUT2D eigenvalue weighted by molar-refractivity contribution is 0.0122. The Bertz CT molecular complexity index is 521. The molecule has 4 nitrogen and oxygen atoms in total. The fraction of sp³-hybridized carbons (Fsp3) is 0.455. The van der Waals surface area contributed by atoms with E-state index in [-0.39, 0.29) is 23.4 Å². The first-order valence-electron chi connectivity index (χ1n) is 5.47. The molecule has 0 amide bonds. The van der Waals surface area contributed by atoms with Gasteiger partial charge in [0.25, 0.3) is 0 Å². The van der Waals surface area contributed by atoms with Crippen molar-refractivity contribution in [1.29, 1.82) is 0 Å². The Morgan fingerprint density at radius 2 is 2.22 bits per heavy atom. The smallest absolute Gasteiger partial charge is 0.243 e. The molecule has 1 fully saturated rings. The van der Waals surface area contributed by atoms with Gasteiger partial charge in [0.2, 0.25) is 10.0 Å². The number of halogens is 2. The molecule has 0 saturated carbocycles. The Morgan fingerprint density at radius 3 is 2.89 bits per heavy atom. The van der Waals surface area contributed by atoms with E-state index in [1.54, 1.807) is 12.1 Å². The number of hydrogen-bond donors (Lipinski definition) is 0. The van der Waals surface area contributed by atoms with Gasteiger partial charge in [-0.2, -0.15) is 4.31 Å². The van der Waals surface area contributed by atoms with Crippen LogP contribution in [0.3, 0.4) is 0 Å². The van der Waals surface area contributed by atoms with E-state index in [0.717, 1.165) is 0 Å². The van der Waals surface area contributed by atoms with Crippen LogP contribution in [0.2, 0.25) is 5.02 Å². The van der Waals surface area contributed by atoms with E-state index in [4.69, 9.17) is 27.9 Å². The summed E-state index contributed by atoms with van der Waals surface area (Å²) in [5.41, 5.74) is 0. The Balaban J connectivity index is 2.25. The molecule has 0 N–H and O–H groups in total. The first-order valence-corrected chi connectivity index (χ1v) is 7.82. The van der Waals surface area contributed by atoms with Gasteiger partial charge in [-0.05, 0) is 18.2 Å². The van der Waals surface area contributed by atoms with E-state index in [2.05, 4.69) is 0 Å². The Kier molecular flexibility index (Phi) is 4.50. The Labute approximate surface area is 116 Å². The van der Waals surface area contributed by atoms with Gasteiger partial charge in [0.05, 0.1) is 17.6 Å². The molecule has 1 aliphatic heterocycles. The summed E-state index contributed by atoms with van der Waals surface area (Å²) in [5, 5.41) is 0.401. The molecule has 0 radical (unpaired) electrons. The first-order chi connectivity index (χ1) is 8.54. The first kappa shape index (κ1) is 14.1.